The molecule has 0 atom stereocenters. The van der Waals surface area contributed by atoms with Crippen molar-refractivity contribution in [3.05, 3.63) is 54.2 Å². The normalized spacial score (nSPS) is 10.5. The van der Waals surface area contributed by atoms with Crippen LogP contribution in [0.1, 0.15) is 5.56 Å². The molecule has 2 rings (SSSR count). The molecular formula is C12H10BrClN2O3. The first-order valence-electron chi connectivity index (χ1n) is 5.31. The zero-order valence-corrected chi connectivity index (χ0v) is 12.5. The highest BCUT2D eigenvalue weighted by atomic mass is 79.9. The number of hydrogen-bond donors (Lipinski definition) is 1. The molecule has 1 heterocycles. The summed E-state index contributed by atoms with van der Waals surface area (Å²) in [6, 6.07) is 4.93. The van der Waals surface area contributed by atoms with Crippen molar-refractivity contribution in [2.45, 2.75) is 6.92 Å². The minimum Gasteiger partial charge on any atom is -0.495 e. The first-order valence-corrected chi connectivity index (χ1v) is 6.48. The number of ether oxygens (including phenoxy) is 1. The van der Waals surface area contributed by atoms with E-state index in [-0.39, 0.29) is 10.7 Å². The number of aromatic nitrogens is 2. The minimum atomic E-state index is -0.593. The van der Waals surface area contributed by atoms with E-state index in [1.807, 2.05) is 0 Å². The fourth-order valence-electron chi connectivity index (χ4n) is 1.62. The van der Waals surface area contributed by atoms with Crippen LogP contribution in [-0.4, -0.2) is 16.7 Å². The standard InChI is InChI=1S/C12H10BrClN2O3/c1-6-10(14)15-12(18)16(11(6)17)7-3-4-8(13)9(5-7)19-2/h3-5H,1-2H3,(H,15,18). The third kappa shape index (κ3) is 2.46. The Morgan fingerprint density at radius 1 is 1.37 bits per heavy atom. The molecule has 0 unspecified atom stereocenters. The van der Waals surface area contributed by atoms with E-state index in [4.69, 9.17) is 16.3 Å². The summed E-state index contributed by atoms with van der Waals surface area (Å²) < 4.78 is 6.88. The number of rotatable bonds is 2. The summed E-state index contributed by atoms with van der Waals surface area (Å²) in [7, 11) is 1.50. The Balaban J connectivity index is 2.76. The molecule has 100 valence electrons. The summed E-state index contributed by atoms with van der Waals surface area (Å²) in [5, 5.41) is 0.0512. The maximum Gasteiger partial charge on any atom is 0.334 e. The third-order valence-corrected chi connectivity index (χ3v) is 3.70. The van der Waals surface area contributed by atoms with E-state index in [0.717, 1.165) is 9.04 Å². The largest absolute Gasteiger partial charge is 0.495 e. The van der Waals surface area contributed by atoms with Crippen LogP contribution >= 0.6 is 27.5 Å². The fourth-order valence-corrected chi connectivity index (χ4v) is 2.19. The van der Waals surface area contributed by atoms with Gasteiger partial charge in [0.1, 0.15) is 10.9 Å². The van der Waals surface area contributed by atoms with Gasteiger partial charge in [-0.05, 0) is 35.0 Å². The van der Waals surface area contributed by atoms with Gasteiger partial charge in [0.2, 0.25) is 0 Å². The van der Waals surface area contributed by atoms with Crippen LogP contribution in [0.25, 0.3) is 5.69 Å². The number of halogens is 2. The topological polar surface area (TPSA) is 64.1 Å². The monoisotopic (exact) mass is 344 g/mol. The molecule has 19 heavy (non-hydrogen) atoms. The van der Waals surface area contributed by atoms with E-state index >= 15 is 0 Å². The highest BCUT2D eigenvalue weighted by molar-refractivity contribution is 9.10. The molecule has 0 bridgehead atoms. The fraction of sp³-hybridized carbons (Fsp3) is 0.167. The smallest absolute Gasteiger partial charge is 0.334 e. The lowest BCUT2D eigenvalue weighted by atomic mass is 10.3. The number of H-pyrrole nitrogens is 1. The van der Waals surface area contributed by atoms with E-state index in [0.29, 0.717) is 11.4 Å². The highest BCUT2D eigenvalue weighted by Gasteiger charge is 2.12. The number of nitrogens with zero attached hydrogens (tertiary/aromatic N) is 1. The summed E-state index contributed by atoms with van der Waals surface area (Å²) in [4.78, 5) is 26.4. The molecular weight excluding hydrogens is 336 g/mol. The maximum absolute atomic E-state index is 12.1. The van der Waals surface area contributed by atoms with Crippen LogP contribution in [0.15, 0.2) is 32.3 Å². The molecule has 1 aromatic heterocycles. The molecule has 0 radical (unpaired) electrons. The minimum absolute atomic E-state index is 0.0512. The molecule has 0 fully saturated rings. The van der Waals surface area contributed by atoms with Gasteiger partial charge in [-0.2, -0.15) is 0 Å². The van der Waals surface area contributed by atoms with Gasteiger partial charge in [-0.15, -0.1) is 0 Å². The maximum atomic E-state index is 12.1. The van der Waals surface area contributed by atoms with Crippen molar-refractivity contribution in [2.75, 3.05) is 7.11 Å². The Kier molecular flexibility index (Phi) is 3.82. The van der Waals surface area contributed by atoms with Gasteiger partial charge in [-0.1, -0.05) is 11.6 Å². The van der Waals surface area contributed by atoms with E-state index in [1.54, 1.807) is 25.1 Å². The predicted molar refractivity (Wildman–Crippen MR) is 76.7 cm³/mol. The third-order valence-electron chi connectivity index (χ3n) is 2.67. The van der Waals surface area contributed by atoms with Crippen LogP contribution in [-0.2, 0) is 0 Å². The van der Waals surface area contributed by atoms with E-state index in [9.17, 15) is 9.59 Å². The number of aromatic amines is 1. The van der Waals surface area contributed by atoms with E-state index < -0.39 is 11.2 Å². The van der Waals surface area contributed by atoms with Gasteiger partial charge in [-0.3, -0.25) is 9.78 Å². The number of nitrogens with one attached hydrogen (secondary N) is 1. The van der Waals surface area contributed by atoms with Gasteiger partial charge in [0.15, 0.2) is 0 Å². The van der Waals surface area contributed by atoms with Crippen LogP contribution in [0.4, 0.5) is 0 Å². The molecule has 0 saturated heterocycles. The second kappa shape index (κ2) is 5.22. The zero-order valence-electron chi connectivity index (χ0n) is 10.2. The van der Waals surface area contributed by atoms with Crippen molar-refractivity contribution < 1.29 is 4.74 Å². The van der Waals surface area contributed by atoms with Crippen molar-refractivity contribution in [1.82, 2.24) is 9.55 Å². The summed E-state index contributed by atoms with van der Waals surface area (Å²) in [6.45, 7) is 1.55. The van der Waals surface area contributed by atoms with E-state index in [1.165, 1.54) is 7.11 Å². The van der Waals surface area contributed by atoms with E-state index in [2.05, 4.69) is 20.9 Å². The quantitative estimate of drug-likeness (QED) is 0.849. The van der Waals surface area contributed by atoms with Crippen LogP contribution in [0.2, 0.25) is 5.15 Å². The molecule has 5 nitrogen and oxygen atoms in total. The molecule has 0 amide bonds. The average molecular weight is 346 g/mol. The van der Waals surface area contributed by atoms with Crippen molar-refractivity contribution in [3.8, 4) is 11.4 Å². The molecule has 1 N–H and O–H groups in total. The summed E-state index contributed by atoms with van der Waals surface area (Å²) in [5.74, 6) is 0.524. The van der Waals surface area contributed by atoms with Crippen LogP contribution in [0.5, 0.6) is 5.75 Å². The van der Waals surface area contributed by atoms with Crippen LogP contribution < -0.4 is 16.0 Å². The molecule has 2 aromatic rings. The second-order valence-corrected chi connectivity index (χ2v) is 5.06. The van der Waals surface area contributed by atoms with Gasteiger partial charge >= 0.3 is 5.69 Å². The summed E-state index contributed by atoms with van der Waals surface area (Å²) >= 11 is 9.07. The lowest BCUT2D eigenvalue weighted by molar-refractivity contribution is 0.412. The average Bonchev–Trinajstić information content (AvgIpc) is 2.38. The molecule has 1 aromatic carbocycles. The Morgan fingerprint density at radius 2 is 2.05 bits per heavy atom. The molecule has 0 aliphatic heterocycles. The molecule has 0 saturated carbocycles. The van der Waals surface area contributed by atoms with Gasteiger partial charge in [0, 0.05) is 6.07 Å². The Hall–Kier alpha value is -1.53. The molecule has 7 heteroatoms. The zero-order chi connectivity index (χ0) is 14.2. The highest BCUT2D eigenvalue weighted by Crippen LogP contribution is 2.26. The number of benzene rings is 1. The van der Waals surface area contributed by atoms with Crippen molar-refractivity contribution in [3.63, 3.8) is 0 Å². The first-order chi connectivity index (χ1) is 8.95. The number of methoxy groups -OCH3 is 1. The Labute approximate surface area is 121 Å². The molecule has 0 aliphatic rings. The van der Waals surface area contributed by atoms with Gasteiger partial charge in [-0.25, -0.2) is 9.36 Å². The van der Waals surface area contributed by atoms with Crippen LogP contribution in [0, 0.1) is 6.92 Å². The Morgan fingerprint density at radius 3 is 2.68 bits per heavy atom. The SMILES string of the molecule is COc1cc(-n2c(=O)[nH]c(Cl)c(C)c2=O)ccc1Br. The summed E-state index contributed by atoms with van der Waals surface area (Å²) in [6.07, 6.45) is 0. The lowest BCUT2D eigenvalue weighted by Crippen LogP contribution is -2.35. The molecule has 0 aliphatic carbocycles. The van der Waals surface area contributed by atoms with Gasteiger partial charge < -0.3 is 4.74 Å². The predicted octanol–water partition coefficient (Wildman–Crippen LogP) is 2.26. The van der Waals surface area contributed by atoms with Gasteiger partial charge in [0.25, 0.3) is 5.56 Å². The molecule has 0 spiro atoms. The lowest BCUT2D eigenvalue weighted by Gasteiger charge is -2.09. The first kappa shape index (κ1) is 13.9. The van der Waals surface area contributed by atoms with Crippen molar-refractivity contribution in [1.29, 1.82) is 0 Å². The summed E-state index contributed by atoms with van der Waals surface area (Å²) in [5.41, 5.74) is -0.364. The second-order valence-electron chi connectivity index (χ2n) is 3.83. The van der Waals surface area contributed by atoms with Crippen molar-refractivity contribution >= 4 is 27.5 Å². The van der Waals surface area contributed by atoms with Crippen LogP contribution in [0.3, 0.4) is 0 Å². The van der Waals surface area contributed by atoms with Gasteiger partial charge in [0.05, 0.1) is 22.8 Å². The van der Waals surface area contributed by atoms with Crippen molar-refractivity contribution in [2.24, 2.45) is 0 Å². The number of hydrogen-bond acceptors (Lipinski definition) is 3. The Bertz CT molecular complexity index is 752.